The number of nitrogens with two attached hydrogens (primary N) is 1. The number of fused-ring (bicyclic) bond motifs is 1. The fourth-order valence-electron chi connectivity index (χ4n) is 3.28. The van der Waals surface area contributed by atoms with Crippen LogP contribution >= 0.6 is 11.3 Å². The third-order valence-electron chi connectivity index (χ3n) is 4.41. The summed E-state index contributed by atoms with van der Waals surface area (Å²) in [6.07, 6.45) is 8.12. The van der Waals surface area contributed by atoms with Crippen LogP contribution in [0.3, 0.4) is 0 Å². The Morgan fingerprint density at radius 1 is 1.15 bits per heavy atom. The minimum atomic E-state index is 0.300. The highest BCUT2D eigenvalue weighted by Crippen LogP contribution is 2.31. The molecule has 1 aromatic heterocycles. The molecule has 0 radical (unpaired) electrons. The van der Waals surface area contributed by atoms with Crippen LogP contribution < -0.4 is 11.1 Å². The molecule has 1 fully saturated rings. The van der Waals surface area contributed by atoms with Crippen LogP contribution in [0, 0.1) is 0 Å². The van der Waals surface area contributed by atoms with Crippen molar-refractivity contribution in [3.8, 4) is 0 Å². The summed E-state index contributed by atoms with van der Waals surface area (Å²) < 4.78 is 1.36. The zero-order valence-electron chi connectivity index (χ0n) is 12.0. The minimum Gasteiger partial charge on any atom is -0.329 e. The van der Waals surface area contributed by atoms with Gasteiger partial charge < -0.3 is 11.1 Å². The van der Waals surface area contributed by atoms with Crippen LogP contribution in [0.4, 0.5) is 0 Å². The molecule has 1 aliphatic rings. The van der Waals surface area contributed by atoms with Gasteiger partial charge in [-0.05, 0) is 35.2 Å². The molecule has 1 saturated carbocycles. The summed E-state index contributed by atoms with van der Waals surface area (Å²) >= 11 is 1.83. The summed E-state index contributed by atoms with van der Waals surface area (Å²) in [5, 5.41) is 7.47. The second-order valence-corrected chi connectivity index (χ2v) is 6.74. The monoisotopic (exact) mass is 288 g/mol. The first-order valence-corrected chi connectivity index (χ1v) is 8.68. The smallest absolute Gasteiger partial charge is 0.0461 e. The van der Waals surface area contributed by atoms with E-state index in [1.54, 1.807) is 0 Å². The predicted octanol–water partition coefficient (Wildman–Crippen LogP) is 4.21. The molecule has 0 aliphatic heterocycles. The van der Waals surface area contributed by atoms with Crippen molar-refractivity contribution in [1.82, 2.24) is 5.32 Å². The van der Waals surface area contributed by atoms with Gasteiger partial charge in [0.1, 0.15) is 0 Å². The number of hydrogen-bond acceptors (Lipinski definition) is 3. The second kappa shape index (κ2) is 6.70. The fraction of sp³-hybridized carbons (Fsp3) is 0.529. The van der Waals surface area contributed by atoms with Gasteiger partial charge in [0.15, 0.2) is 0 Å². The molecule has 1 aliphatic carbocycles. The molecule has 20 heavy (non-hydrogen) atoms. The van der Waals surface area contributed by atoms with Crippen molar-refractivity contribution in [1.29, 1.82) is 0 Å². The van der Waals surface area contributed by atoms with Crippen LogP contribution in [-0.4, -0.2) is 12.6 Å². The highest BCUT2D eigenvalue weighted by atomic mass is 32.1. The van der Waals surface area contributed by atoms with E-state index in [9.17, 15) is 0 Å². The van der Waals surface area contributed by atoms with Gasteiger partial charge in [-0.2, -0.15) is 0 Å². The van der Waals surface area contributed by atoms with E-state index in [0.717, 1.165) is 0 Å². The van der Waals surface area contributed by atoms with Crippen LogP contribution in [0.15, 0.2) is 29.6 Å². The van der Waals surface area contributed by atoms with Gasteiger partial charge in [-0.3, -0.25) is 0 Å². The molecule has 1 unspecified atom stereocenters. The van der Waals surface area contributed by atoms with Gasteiger partial charge in [-0.1, -0.05) is 43.9 Å². The number of benzene rings is 1. The van der Waals surface area contributed by atoms with E-state index in [1.165, 1.54) is 54.2 Å². The molecule has 0 bridgehead atoms. The van der Waals surface area contributed by atoms with Crippen LogP contribution in [0.2, 0.25) is 0 Å². The quantitative estimate of drug-likeness (QED) is 0.827. The Hall–Kier alpha value is -0.900. The molecule has 3 N–H and O–H groups in total. The highest BCUT2D eigenvalue weighted by molar-refractivity contribution is 7.17. The molecule has 1 aromatic carbocycles. The number of rotatable bonds is 4. The average molecular weight is 288 g/mol. The summed E-state index contributed by atoms with van der Waals surface area (Å²) in [6.45, 7) is 0.678. The molecule has 0 amide bonds. The summed E-state index contributed by atoms with van der Waals surface area (Å²) in [5.74, 6) is 0. The number of thiophene rings is 1. The van der Waals surface area contributed by atoms with E-state index >= 15 is 0 Å². The first-order chi connectivity index (χ1) is 9.88. The molecular weight excluding hydrogens is 264 g/mol. The Kier molecular flexibility index (Phi) is 4.71. The summed E-state index contributed by atoms with van der Waals surface area (Å²) in [6, 6.07) is 9.59. The van der Waals surface area contributed by atoms with Crippen molar-refractivity contribution in [2.24, 2.45) is 5.73 Å². The Morgan fingerprint density at radius 3 is 2.65 bits per heavy atom. The van der Waals surface area contributed by atoms with E-state index < -0.39 is 0 Å². The molecule has 3 rings (SSSR count). The zero-order valence-corrected chi connectivity index (χ0v) is 12.8. The van der Waals surface area contributed by atoms with E-state index in [4.69, 9.17) is 5.73 Å². The van der Waals surface area contributed by atoms with E-state index in [0.29, 0.717) is 18.6 Å². The molecule has 3 heteroatoms. The van der Waals surface area contributed by atoms with E-state index in [2.05, 4.69) is 35.0 Å². The van der Waals surface area contributed by atoms with Crippen molar-refractivity contribution < 1.29 is 0 Å². The lowest BCUT2D eigenvalue weighted by atomic mass is 10.0. The summed E-state index contributed by atoms with van der Waals surface area (Å²) in [7, 11) is 0. The van der Waals surface area contributed by atoms with Crippen LogP contribution in [0.25, 0.3) is 10.1 Å². The lowest BCUT2D eigenvalue weighted by Gasteiger charge is -2.24. The Labute approximate surface area is 125 Å². The second-order valence-electron chi connectivity index (χ2n) is 5.83. The van der Waals surface area contributed by atoms with Gasteiger partial charge >= 0.3 is 0 Å². The first-order valence-electron chi connectivity index (χ1n) is 7.80. The zero-order chi connectivity index (χ0) is 13.8. The molecular formula is C17H24N2S. The van der Waals surface area contributed by atoms with Crippen LogP contribution in [0.5, 0.6) is 0 Å². The van der Waals surface area contributed by atoms with Crippen molar-refractivity contribution in [3.05, 3.63) is 35.2 Å². The molecule has 1 atom stereocenters. The van der Waals surface area contributed by atoms with E-state index in [1.807, 2.05) is 11.3 Å². The normalized spacial score (nSPS) is 19.1. The van der Waals surface area contributed by atoms with E-state index in [-0.39, 0.29) is 0 Å². The number of nitrogens with one attached hydrogen (secondary N) is 1. The number of hydrogen-bond donors (Lipinski definition) is 2. The van der Waals surface area contributed by atoms with Gasteiger partial charge in [-0.25, -0.2) is 0 Å². The van der Waals surface area contributed by atoms with Gasteiger partial charge in [-0.15, -0.1) is 11.3 Å². The lowest BCUT2D eigenvalue weighted by molar-refractivity contribution is 0.404. The van der Waals surface area contributed by atoms with Gasteiger partial charge in [0, 0.05) is 23.3 Å². The van der Waals surface area contributed by atoms with Crippen LogP contribution in [-0.2, 0) is 0 Å². The van der Waals surface area contributed by atoms with Crippen LogP contribution in [0.1, 0.15) is 50.1 Å². The maximum atomic E-state index is 6.05. The SMILES string of the molecule is NCC(NC1CCCCCC1)c1csc2ccccc12. The molecule has 2 nitrogen and oxygen atoms in total. The minimum absolute atomic E-state index is 0.300. The third kappa shape index (κ3) is 3.05. The Balaban J connectivity index is 1.78. The maximum Gasteiger partial charge on any atom is 0.0461 e. The van der Waals surface area contributed by atoms with Crippen molar-refractivity contribution >= 4 is 21.4 Å². The highest BCUT2D eigenvalue weighted by Gasteiger charge is 2.19. The largest absolute Gasteiger partial charge is 0.329 e. The molecule has 0 spiro atoms. The molecule has 108 valence electrons. The standard InChI is InChI=1S/C17H24N2S/c18-11-16(19-13-7-3-1-2-4-8-13)15-12-20-17-10-6-5-9-14(15)17/h5-6,9-10,12-13,16,19H,1-4,7-8,11,18H2. The van der Waals surface area contributed by atoms with Gasteiger partial charge in [0.2, 0.25) is 0 Å². The molecule has 1 heterocycles. The van der Waals surface area contributed by atoms with Gasteiger partial charge in [0.05, 0.1) is 0 Å². The Bertz CT molecular complexity index is 541. The van der Waals surface area contributed by atoms with Crippen molar-refractivity contribution in [2.75, 3.05) is 6.54 Å². The fourth-order valence-corrected chi connectivity index (χ4v) is 4.30. The Morgan fingerprint density at radius 2 is 1.90 bits per heavy atom. The summed E-state index contributed by atoms with van der Waals surface area (Å²) in [5.41, 5.74) is 7.44. The molecule has 2 aromatic rings. The maximum absolute atomic E-state index is 6.05. The predicted molar refractivity (Wildman–Crippen MR) is 88.2 cm³/mol. The third-order valence-corrected chi connectivity index (χ3v) is 5.40. The van der Waals surface area contributed by atoms with Gasteiger partial charge in [0.25, 0.3) is 0 Å². The lowest BCUT2D eigenvalue weighted by Crippen LogP contribution is -2.36. The molecule has 0 saturated heterocycles. The first kappa shape index (κ1) is 14.1. The van der Waals surface area contributed by atoms with Crippen molar-refractivity contribution in [3.63, 3.8) is 0 Å². The summed E-state index contributed by atoms with van der Waals surface area (Å²) in [4.78, 5) is 0. The van der Waals surface area contributed by atoms with Crippen molar-refractivity contribution in [2.45, 2.75) is 50.6 Å². The topological polar surface area (TPSA) is 38.0 Å². The average Bonchev–Trinajstić information content (AvgIpc) is 2.74.